The van der Waals surface area contributed by atoms with Crippen molar-refractivity contribution in [3.63, 3.8) is 0 Å². The van der Waals surface area contributed by atoms with Crippen molar-refractivity contribution in [3.05, 3.63) is 16.8 Å². The van der Waals surface area contributed by atoms with Crippen LogP contribution in [0.3, 0.4) is 0 Å². The Morgan fingerprint density at radius 3 is 2.11 bits per heavy atom. The largest absolute Gasteiger partial charge is 0.357 e. The van der Waals surface area contributed by atoms with E-state index in [0.29, 0.717) is 6.54 Å². The predicted octanol–water partition coefficient (Wildman–Crippen LogP) is 2.54. The van der Waals surface area contributed by atoms with Crippen LogP contribution in [0.25, 0.3) is 0 Å². The summed E-state index contributed by atoms with van der Waals surface area (Å²) < 4.78 is 0. The molecule has 0 aliphatic carbocycles. The van der Waals surface area contributed by atoms with Crippen LogP contribution in [0, 0.1) is 5.41 Å². The van der Waals surface area contributed by atoms with Gasteiger partial charge in [-0.1, -0.05) is 34.6 Å². The standard InChI is InChI=1S/C15H28N4/c1-7-11-12(9-16)14(18-17-13(11)8-2)19(6)10-15(3,4)5/h7-10,16H2,1-6H3. The summed E-state index contributed by atoms with van der Waals surface area (Å²) in [6.45, 7) is 12.4. The zero-order valence-corrected chi connectivity index (χ0v) is 13.2. The van der Waals surface area contributed by atoms with E-state index in [9.17, 15) is 0 Å². The van der Waals surface area contributed by atoms with Gasteiger partial charge in [0.2, 0.25) is 0 Å². The maximum absolute atomic E-state index is 5.96. The molecule has 0 aliphatic heterocycles. The van der Waals surface area contributed by atoms with Crippen LogP contribution in [0.2, 0.25) is 0 Å². The Labute approximate surface area is 117 Å². The summed E-state index contributed by atoms with van der Waals surface area (Å²) in [4.78, 5) is 2.17. The first-order valence-electron chi connectivity index (χ1n) is 7.12. The predicted molar refractivity (Wildman–Crippen MR) is 81.4 cm³/mol. The molecule has 0 atom stereocenters. The maximum Gasteiger partial charge on any atom is 0.155 e. The second-order valence-electron chi connectivity index (χ2n) is 6.26. The number of aryl methyl sites for hydroxylation is 1. The Morgan fingerprint density at radius 2 is 1.68 bits per heavy atom. The lowest BCUT2D eigenvalue weighted by Crippen LogP contribution is -2.31. The molecule has 2 N–H and O–H groups in total. The van der Waals surface area contributed by atoms with E-state index >= 15 is 0 Å². The van der Waals surface area contributed by atoms with Crippen molar-refractivity contribution in [2.75, 3.05) is 18.5 Å². The van der Waals surface area contributed by atoms with E-state index in [1.165, 1.54) is 5.56 Å². The average Bonchev–Trinajstić information content (AvgIpc) is 2.34. The fourth-order valence-corrected chi connectivity index (χ4v) is 2.55. The van der Waals surface area contributed by atoms with E-state index in [2.05, 4.69) is 56.8 Å². The van der Waals surface area contributed by atoms with Crippen LogP contribution in [0.4, 0.5) is 5.82 Å². The van der Waals surface area contributed by atoms with Crippen LogP contribution >= 0.6 is 0 Å². The first kappa shape index (κ1) is 15.9. The van der Waals surface area contributed by atoms with E-state index in [1.807, 2.05) is 0 Å². The average molecular weight is 264 g/mol. The smallest absolute Gasteiger partial charge is 0.155 e. The topological polar surface area (TPSA) is 55.0 Å². The summed E-state index contributed by atoms with van der Waals surface area (Å²) in [7, 11) is 2.07. The molecule has 4 heteroatoms. The van der Waals surface area contributed by atoms with Crippen molar-refractivity contribution >= 4 is 5.82 Å². The van der Waals surface area contributed by atoms with Crippen LogP contribution < -0.4 is 10.6 Å². The number of hydrogen-bond donors (Lipinski definition) is 1. The summed E-state index contributed by atoms with van der Waals surface area (Å²) >= 11 is 0. The van der Waals surface area contributed by atoms with Crippen LogP contribution in [0.15, 0.2) is 0 Å². The molecule has 0 bridgehead atoms. The van der Waals surface area contributed by atoms with Gasteiger partial charge in [0.05, 0.1) is 5.69 Å². The molecule has 0 fully saturated rings. The molecular formula is C15H28N4. The third-order valence-corrected chi connectivity index (χ3v) is 3.21. The van der Waals surface area contributed by atoms with Crippen LogP contribution in [-0.4, -0.2) is 23.8 Å². The normalized spacial score (nSPS) is 11.7. The molecule has 1 aromatic heterocycles. The second kappa shape index (κ2) is 6.33. The van der Waals surface area contributed by atoms with E-state index in [1.54, 1.807) is 0 Å². The number of rotatable bonds is 5. The van der Waals surface area contributed by atoms with Gasteiger partial charge in [-0.2, -0.15) is 5.10 Å². The summed E-state index contributed by atoms with van der Waals surface area (Å²) in [5.41, 5.74) is 9.69. The van der Waals surface area contributed by atoms with Gasteiger partial charge in [-0.3, -0.25) is 0 Å². The van der Waals surface area contributed by atoms with Crippen molar-refractivity contribution in [1.29, 1.82) is 0 Å². The minimum Gasteiger partial charge on any atom is -0.357 e. The van der Waals surface area contributed by atoms with Crippen molar-refractivity contribution < 1.29 is 0 Å². The molecular weight excluding hydrogens is 236 g/mol. The van der Waals surface area contributed by atoms with Gasteiger partial charge in [-0.25, -0.2) is 0 Å². The molecule has 0 saturated heterocycles. The SMILES string of the molecule is CCc1nnc(N(C)CC(C)(C)C)c(CN)c1CC. The molecule has 1 aromatic rings. The van der Waals surface area contributed by atoms with Crippen LogP contribution in [-0.2, 0) is 19.4 Å². The Morgan fingerprint density at radius 1 is 1.05 bits per heavy atom. The zero-order valence-electron chi connectivity index (χ0n) is 13.2. The minimum atomic E-state index is 0.220. The number of nitrogens with zero attached hydrogens (tertiary/aromatic N) is 3. The summed E-state index contributed by atoms with van der Waals surface area (Å²) in [6, 6.07) is 0. The number of aromatic nitrogens is 2. The molecule has 0 unspecified atom stereocenters. The summed E-state index contributed by atoms with van der Waals surface area (Å²) in [5.74, 6) is 0.937. The highest BCUT2D eigenvalue weighted by Gasteiger charge is 2.20. The molecule has 0 aromatic carbocycles. The van der Waals surface area contributed by atoms with Gasteiger partial charge in [0.25, 0.3) is 0 Å². The van der Waals surface area contributed by atoms with Gasteiger partial charge in [0, 0.05) is 25.7 Å². The highest BCUT2D eigenvalue weighted by molar-refractivity contribution is 5.51. The Kier molecular flexibility index (Phi) is 5.29. The van der Waals surface area contributed by atoms with Gasteiger partial charge < -0.3 is 10.6 Å². The van der Waals surface area contributed by atoms with Gasteiger partial charge >= 0.3 is 0 Å². The molecule has 1 rings (SSSR count). The molecule has 19 heavy (non-hydrogen) atoms. The molecule has 108 valence electrons. The molecule has 0 saturated carbocycles. The first-order valence-corrected chi connectivity index (χ1v) is 7.12. The third kappa shape index (κ3) is 3.90. The maximum atomic E-state index is 5.96. The Balaban J connectivity index is 3.21. The molecule has 1 heterocycles. The van der Waals surface area contributed by atoms with Crippen molar-refractivity contribution in [1.82, 2.24) is 10.2 Å². The van der Waals surface area contributed by atoms with Crippen LogP contribution in [0.5, 0.6) is 0 Å². The Hall–Kier alpha value is -1.16. The van der Waals surface area contributed by atoms with Gasteiger partial charge in [0.15, 0.2) is 5.82 Å². The monoisotopic (exact) mass is 264 g/mol. The van der Waals surface area contributed by atoms with E-state index in [4.69, 9.17) is 5.73 Å². The fraction of sp³-hybridized carbons (Fsp3) is 0.733. The van der Waals surface area contributed by atoms with Crippen molar-refractivity contribution in [3.8, 4) is 0 Å². The lowest BCUT2D eigenvalue weighted by atomic mass is 9.95. The summed E-state index contributed by atoms with van der Waals surface area (Å²) in [6.07, 6.45) is 1.87. The first-order chi connectivity index (χ1) is 8.84. The van der Waals surface area contributed by atoms with E-state index < -0.39 is 0 Å². The Bertz CT molecular complexity index is 421. The van der Waals surface area contributed by atoms with Gasteiger partial charge in [-0.15, -0.1) is 5.10 Å². The fourth-order valence-electron chi connectivity index (χ4n) is 2.55. The van der Waals surface area contributed by atoms with Crippen molar-refractivity contribution in [2.24, 2.45) is 11.1 Å². The van der Waals surface area contributed by atoms with Crippen LogP contribution in [0.1, 0.15) is 51.4 Å². The summed E-state index contributed by atoms with van der Waals surface area (Å²) in [5, 5.41) is 8.79. The zero-order chi connectivity index (χ0) is 14.6. The molecule has 0 amide bonds. The molecule has 4 nitrogen and oxygen atoms in total. The van der Waals surface area contributed by atoms with Crippen molar-refractivity contribution in [2.45, 2.75) is 54.0 Å². The van der Waals surface area contributed by atoms with E-state index in [-0.39, 0.29) is 5.41 Å². The van der Waals surface area contributed by atoms with E-state index in [0.717, 1.165) is 36.5 Å². The third-order valence-electron chi connectivity index (χ3n) is 3.21. The number of hydrogen-bond acceptors (Lipinski definition) is 4. The molecule has 0 radical (unpaired) electrons. The highest BCUT2D eigenvalue weighted by Crippen LogP contribution is 2.25. The lowest BCUT2D eigenvalue weighted by Gasteiger charge is -2.29. The number of anilines is 1. The minimum absolute atomic E-state index is 0.220. The molecule has 0 aliphatic rings. The highest BCUT2D eigenvalue weighted by atomic mass is 15.3. The lowest BCUT2D eigenvalue weighted by molar-refractivity contribution is 0.417. The molecule has 0 spiro atoms. The number of nitrogens with two attached hydrogens (primary N) is 1. The quantitative estimate of drug-likeness (QED) is 0.888. The second-order valence-corrected chi connectivity index (χ2v) is 6.26. The van der Waals surface area contributed by atoms with Gasteiger partial charge in [0.1, 0.15) is 0 Å². The van der Waals surface area contributed by atoms with Gasteiger partial charge in [-0.05, 0) is 23.8 Å².